The van der Waals surface area contributed by atoms with Crippen molar-refractivity contribution in [3.05, 3.63) is 0 Å². The summed E-state index contributed by atoms with van der Waals surface area (Å²) in [6, 6.07) is 0. The zero-order valence-corrected chi connectivity index (χ0v) is 10.6. The third-order valence-corrected chi connectivity index (χ3v) is 3.56. The Balaban J connectivity index is 2.54. The predicted octanol–water partition coefficient (Wildman–Crippen LogP) is 2.37. The molecule has 0 radical (unpaired) electrons. The van der Waals surface area contributed by atoms with Crippen LogP contribution in [0.25, 0.3) is 0 Å². The fraction of sp³-hybridized carbons (Fsp3) is 0.923. The van der Waals surface area contributed by atoms with Crippen LogP contribution in [-0.4, -0.2) is 23.8 Å². The van der Waals surface area contributed by atoms with Crippen LogP contribution in [0.2, 0.25) is 0 Å². The third-order valence-electron chi connectivity index (χ3n) is 3.56. The maximum Gasteiger partial charge on any atom is 0.308 e. The van der Waals surface area contributed by atoms with Crippen molar-refractivity contribution in [2.24, 2.45) is 17.8 Å². The molecule has 1 saturated carbocycles. The quantitative estimate of drug-likeness (QED) is 0.751. The van der Waals surface area contributed by atoms with Gasteiger partial charge >= 0.3 is 5.97 Å². The van der Waals surface area contributed by atoms with Crippen LogP contribution in [0.1, 0.15) is 46.5 Å². The van der Waals surface area contributed by atoms with E-state index in [-0.39, 0.29) is 25.1 Å². The van der Waals surface area contributed by atoms with Gasteiger partial charge in [-0.1, -0.05) is 27.2 Å². The molecule has 3 atom stereocenters. The van der Waals surface area contributed by atoms with E-state index in [0.717, 1.165) is 12.8 Å². The molecule has 0 unspecified atom stereocenters. The molecule has 0 heterocycles. The molecule has 0 aromatic carbocycles. The highest BCUT2D eigenvalue weighted by atomic mass is 16.5. The molecule has 0 saturated heterocycles. The van der Waals surface area contributed by atoms with Crippen molar-refractivity contribution in [1.29, 1.82) is 0 Å². The van der Waals surface area contributed by atoms with E-state index in [9.17, 15) is 4.79 Å². The topological polar surface area (TPSA) is 46.5 Å². The molecule has 16 heavy (non-hydrogen) atoms. The van der Waals surface area contributed by atoms with E-state index in [4.69, 9.17) is 9.84 Å². The molecule has 1 N–H and O–H groups in total. The number of aliphatic hydroxyl groups excluding tert-OH is 1. The Morgan fingerprint density at radius 2 is 2.12 bits per heavy atom. The van der Waals surface area contributed by atoms with Crippen LogP contribution in [0.4, 0.5) is 0 Å². The minimum atomic E-state index is -0.257. The highest BCUT2D eigenvalue weighted by Crippen LogP contribution is 2.35. The van der Waals surface area contributed by atoms with Crippen molar-refractivity contribution >= 4 is 5.97 Å². The summed E-state index contributed by atoms with van der Waals surface area (Å²) in [5.74, 6) is 1.42. The molecule has 3 heteroatoms. The molecule has 0 bridgehead atoms. The molecular weight excluding hydrogens is 204 g/mol. The van der Waals surface area contributed by atoms with E-state index < -0.39 is 0 Å². The van der Waals surface area contributed by atoms with Crippen LogP contribution in [0.3, 0.4) is 0 Å². The first-order valence-corrected chi connectivity index (χ1v) is 6.35. The van der Waals surface area contributed by atoms with E-state index in [1.54, 1.807) is 0 Å². The van der Waals surface area contributed by atoms with Crippen molar-refractivity contribution in [2.75, 3.05) is 6.61 Å². The Morgan fingerprint density at radius 3 is 2.69 bits per heavy atom. The van der Waals surface area contributed by atoms with E-state index in [2.05, 4.69) is 20.8 Å². The lowest BCUT2D eigenvalue weighted by molar-refractivity contribution is -0.156. The van der Waals surface area contributed by atoms with Gasteiger partial charge in [-0.15, -0.1) is 0 Å². The Bertz CT molecular complexity index is 225. The Morgan fingerprint density at radius 1 is 1.44 bits per heavy atom. The average molecular weight is 228 g/mol. The molecule has 0 spiro atoms. The SMILES string of the molecule is CC(C)[C@H]1CC[C@H](C)C[C@@H]1OC(=O)CCO. The molecule has 1 fully saturated rings. The lowest BCUT2D eigenvalue weighted by Gasteiger charge is -2.36. The third kappa shape index (κ3) is 3.78. The highest BCUT2D eigenvalue weighted by molar-refractivity contribution is 5.69. The number of rotatable bonds is 4. The summed E-state index contributed by atoms with van der Waals surface area (Å²) in [7, 11) is 0. The molecule has 0 aromatic heterocycles. The number of carbonyl (C=O) groups excluding carboxylic acids is 1. The lowest BCUT2D eigenvalue weighted by atomic mass is 9.75. The van der Waals surface area contributed by atoms with Gasteiger partial charge in [-0.25, -0.2) is 0 Å². The molecule has 0 aliphatic heterocycles. The summed E-state index contributed by atoms with van der Waals surface area (Å²) in [4.78, 5) is 11.4. The number of hydrogen-bond donors (Lipinski definition) is 1. The van der Waals surface area contributed by atoms with Gasteiger partial charge in [0.05, 0.1) is 13.0 Å². The van der Waals surface area contributed by atoms with E-state index in [0.29, 0.717) is 17.8 Å². The van der Waals surface area contributed by atoms with Gasteiger partial charge in [0.15, 0.2) is 0 Å². The average Bonchev–Trinajstić information content (AvgIpc) is 2.17. The number of aliphatic hydroxyl groups is 1. The molecule has 94 valence electrons. The van der Waals surface area contributed by atoms with E-state index in [1.807, 2.05) is 0 Å². The maximum absolute atomic E-state index is 11.4. The normalized spacial score (nSPS) is 30.4. The molecule has 1 aliphatic carbocycles. The van der Waals surface area contributed by atoms with Gasteiger partial charge in [-0.2, -0.15) is 0 Å². The Labute approximate surface area is 98.2 Å². The number of esters is 1. The second-order valence-corrected chi connectivity index (χ2v) is 5.33. The summed E-state index contributed by atoms with van der Waals surface area (Å²) >= 11 is 0. The van der Waals surface area contributed by atoms with E-state index >= 15 is 0 Å². The fourth-order valence-corrected chi connectivity index (χ4v) is 2.57. The molecule has 1 aliphatic rings. The van der Waals surface area contributed by atoms with Crippen LogP contribution in [0.5, 0.6) is 0 Å². The summed E-state index contributed by atoms with van der Waals surface area (Å²) < 4.78 is 5.48. The largest absolute Gasteiger partial charge is 0.462 e. The van der Waals surface area contributed by atoms with Gasteiger partial charge in [0.2, 0.25) is 0 Å². The van der Waals surface area contributed by atoms with E-state index in [1.165, 1.54) is 6.42 Å². The molecular formula is C13H24O3. The lowest BCUT2D eigenvalue weighted by Crippen LogP contribution is -2.36. The van der Waals surface area contributed by atoms with Gasteiger partial charge in [-0.05, 0) is 30.6 Å². The summed E-state index contributed by atoms with van der Waals surface area (Å²) in [6.07, 6.45) is 3.53. The van der Waals surface area contributed by atoms with Gasteiger partial charge in [0.1, 0.15) is 6.10 Å². The first-order chi connectivity index (χ1) is 7.54. The minimum Gasteiger partial charge on any atom is -0.462 e. The maximum atomic E-state index is 11.4. The number of hydrogen-bond acceptors (Lipinski definition) is 3. The summed E-state index contributed by atoms with van der Waals surface area (Å²) in [5.41, 5.74) is 0. The minimum absolute atomic E-state index is 0.0581. The summed E-state index contributed by atoms with van der Waals surface area (Å²) in [5, 5.41) is 8.69. The smallest absolute Gasteiger partial charge is 0.308 e. The Kier molecular flexibility index (Phi) is 5.26. The number of carbonyl (C=O) groups is 1. The van der Waals surface area contributed by atoms with Gasteiger partial charge in [0, 0.05) is 0 Å². The number of ether oxygens (including phenoxy) is 1. The zero-order chi connectivity index (χ0) is 12.1. The highest BCUT2D eigenvalue weighted by Gasteiger charge is 2.33. The molecule has 0 amide bonds. The first-order valence-electron chi connectivity index (χ1n) is 6.35. The first kappa shape index (κ1) is 13.5. The van der Waals surface area contributed by atoms with Crippen LogP contribution >= 0.6 is 0 Å². The van der Waals surface area contributed by atoms with Crippen molar-refractivity contribution < 1.29 is 14.6 Å². The predicted molar refractivity (Wildman–Crippen MR) is 62.9 cm³/mol. The van der Waals surface area contributed by atoms with Gasteiger partial charge in [0.25, 0.3) is 0 Å². The second-order valence-electron chi connectivity index (χ2n) is 5.33. The summed E-state index contributed by atoms with van der Waals surface area (Å²) in [6.45, 7) is 6.47. The zero-order valence-electron chi connectivity index (χ0n) is 10.6. The fourth-order valence-electron chi connectivity index (χ4n) is 2.57. The molecule has 1 rings (SSSR count). The van der Waals surface area contributed by atoms with Gasteiger partial charge in [-0.3, -0.25) is 4.79 Å². The van der Waals surface area contributed by atoms with Crippen LogP contribution in [0, 0.1) is 17.8 Å². The van der Waals surface area contributed by atoms with Crippen LogP contribution in [0.15, 0.2) is 0 Å². The molecule has 0 aromatic rings. The van der Waals surface area contributed by atoms with Gasteiger partial charge < -0.3 is 9.84 Å². The van der Waals surface area contributed by atoms with Crippen molar-refractivity contribution in [1.82, 2.24) is 0 Å². The second kappa shape index (κ2) is 6.24. The van der Waals surface area contributed by atoms with Crippen LogP contribution < -0.4 is 0 Å². The molecule has 3 nitrogen and oxygen atoms in total. The van der Waals surface area contributed by atoms with Crippen molar-refractivity contribution in [2.45, 2.75) is 52.6 Å². The van der Waals surface area contributed by atoms with Crippen molar-refractivity contribution in [3.8, 4) is 0 Å². The standard InChI is InChI=1S/C13H24O3/c1-9(2)11-5-4-10(3)8-12(11)16-13(15)6-7-14/h9-12,14H,4-8H2,1-3H3/t10-,11+,12-/m0/s1. The Hall–Kier alpha value is -0.570. The van der Waals surface area contributed by atoms with Crippen LogP contribution in [-0.2, 0) is 9.53 Å². The van der Waals surface area contributed by atoms with Crippen molar-refractivity contribution in [3.63, 3.8) is 0 Å². The monoisotopic (exact) mass is 228 g/mol.